The van der Waals surface area contributed by atoms with E-state index < -0.39 is 0 Å². The molecular weight excluding hydrogens is 314 g/mol. The molecule has 0 aliphatic carbocycles. The van der Waals surface area contributed by atoms with E-state index in [1.54, 1.807) is 6.07 Å². The summed E-state index contributed by atoms with van der Waals surface area (Å²) >= 11 is 3.56. The van der Waals surface area contributed by atoms with Crippen LogP contribution < -0.4 is 9.47 Å². The second-order valence-corrected chi connectivity index (χ2v) is 5.70. The van der Waals surface area contributed by atoms with Crippen LogP contribution in [-0.2, 0) is 0 Å². The molecule has 0 N–H and O–H groups in total. The van der Waals surface area contributed by atoms with Gasteiger partial charge in [0.25, 0.3) is 5.69 Å². The molecule has 0 amide bonds. The highest BCUT2D eigenvalue weighted by Crippen LogP contribution is 2.41. The van der Waals surface area contributed by atoms with E-state index in [1.807, 2.05) is 13.8 Å². The molecule has 2 atom stereocenters. The normalized spacial score (nSPS) is 16.8. The Hall–Kier alpha value is -1.30. The Balaban J connectivity index is 2.48. The zero-order valence-electron chi connectivity index (χ0n) is 10.9. The summed E-state index contributed by atoms with van der Waals surface area (Å²) in [7, 11) is 0. The maximum atomic E-state index is 11.2. The van der Waals surface area contributed by atoms with Crippen molar-refractivity contribution in [1.82, 2.24) is 0 Å². The topological polar surface area (TPSA) is 61.6 Å². The van der Waals surface area contributed by atoms with E-state index in [0.717, 1.165) is 6.42 Å². The third kappa shape index (κ3) is 2.83. The van der Waals surface area contributed by atoms with Crippen molar-refractivity contribution in [3.63, 3.8) is 0 Å². The lowest BCUT2D eigenvalue weighted by molar-refractivity contribution is -0.385. The van der Waals surface area contributed by atoms with E-state index in [4.69, 9.17) is 9.47 Å². The van der Waals surface area contributed by atoms with E-state index in [0.29, 0.717) is 30.3 Å². The summed E-state index contributed by atoms with van der Waals surface area (Å²) in [5.74, 6) is 1.08. The summed E-state index contributed by atoms with van der Waals surface area (Å²) < 4.78 is 10.9. The summed E-state index contributed by atoms with van der Waals surface area (Å²) in [5.41, 5.74) is 0.771. The fraction of sp³-hybridized carbons (Fsp3) is 0.538. The van der Waals surface area contributed by atoms with Crippen LogP contribution in [0, 0.1) is 10.1 Å². The Labute approximate surface area is 120 Å². The Bertz CT molecular complexity index is 492. The number of halogens is 1. The number of ether oxygens (including phenoxy) is 2. The van der Waals surface area contributed by atoms with Crippen molar-refractivity contribution in [3.8, 4) is 11.5 Å². The van der Waals surface area contributed by atoms with Gasteiger partial charge >= 0.3 is 0 Å². The van der Waals surface area contributed by atoms with Gasteiger partial charge in [-0.25, -0.2) is 0 Å². The quantitative estimate of drug-likeness (QED) is 0.480. The molecule has 0 spiro atoms. The van der Waals surface area contributed by atoms with Gasteiger partial charge in [0.15, 0.2) is 11.5 Å². The molecule has 0 aromatic heterocycles. The second kappa shape index (κ2) is 5.77. The molecule has 1 aliphatic heterocycles. The average molecular weight is 330 g/mol. The number of alkyl halides is 1. The van der Waals surface area contributed by atoms with Crippen LogP contribution in [0.15, 0.2) is 12.1 Å². The van der Waals surface area contributed by atoms with Crippen LogP contribution in [0.2, 0.25) is 0 Å². The van der Waals surface area contributed by atoms with Crippen molar-refractivity contribution in [1.29, 1.82) is 0 Å². The summed E-state index contributed by atoms with van der Waals surface area (Å²) in [6.45, 7) is 4.92. The maximum Gasteiger partial charge on any atom is 0.276 e. The number of hydrogen-bond donors (Lipinski definition) is 0. The van der Waals surface area contributed by atoms with Crippen molar-refractivity contribution in [2.75, 3.05) is 13.2 Å². The maximum absolute atomic E-state index is 11.2. The number of nitro benzene ring substituents is 1. The predicted molar refractivity (Wildman–Crippen MR) is 75.5 cm³/mol. The molecule has 0 saturated heterocycles. The first-order valence-corrected chi connectivity index (χ1v) is 7.18. The Morgan fingerprint density at radius 2 is 1.95 bits per heavy atom. The Morgan fingerprint density at radius 3 is 2.47 bits per heavy atom. The highest BCUT2D eigenvalue weighted by Gasteiger charge is 2.27. The van der Waals surface area contributed by atoms with Gasteiger partial charge in [-0.1, -0.05) is 29.8 Å². The smallest absolute Gasteiger partial charge is 0.276 e. The number of nitrogens with zero attached hydrogens (tertiary/aromatic N) is 1. The average Bonchev–Trinajstić information content (AvgIpc) is 2.44. The lowest BCUT2D eigenvalue weighted by Gasteiger charge is -2.22. The molecule has 2 rings (SSSR count). The molecule has 0 saturated carbocycles. The number of rotatable bonds is 4. The molecule has 0 radical (unpaired) electrons. The monoisotopic (exact) mass is 329 g/mol. The molecule has 6 heteroatoms. The van der Waals surface area contributed by atoms with Crippen LogP contribution in [0.4, 0.5) is 5.69 Å². The molecule has 2 unspecified atom stereocenters. The largest absolute Gasteiger partial charge is 0.486 e. The standard InChI is InChI=1S/C13H16BrNO4/c1-3-10(14)8(2)9-6-12-13(19-5-4-18-12)7-11(9)15(16)17/h6-8,10H,3-5H2,1-2H3. The van der Waals surface area contributed by atoms with Crippen LogP contribution in [0.5, 0.6) is 11.5 Å². The molecule has 1 heterocycles. The molecule has 1 aliphatic rings. The fourth-order valence-corrected chi connectivity index (χ4v) is 2.45. The third-order valence-electron chi connectivity index (χ3n) is 3.31. The van der Waals surface area contributed by atoms with Gasteiger partial charge in [-0.3, -0.25) is 10.1 Å². The third-order valence-corrected chi connectivity index (χ3v) is 4.75. The van der Waals surface area contributed by atoms with Gasteiger partial charge in [0.1, 0.15) is 13.2 Å². The van der Waals surface area contributed by atoms with Crippen molar-refractivity contribution >= 4 is 21.6 Å². The summed E-state index contributed by atoms with van der Waals surface area (Å²) in [4.78, 5) is 11.0. The molecule has 5 nitrogen and oxygen atoms in total. The van der Waals surface area contributed by atoms with Crippen LogP contribution >= 0.6 is 15.9 Å². The molecule has 1 aromatic rings. The van der Waals surface area contributed by atoms with Gasteiger partial charge in [-0.15, -0.1) is 0 Å². The fourth-order valence-electron chi connectivity index (χ4n) is 2.16. The van der Waals surface area contributed by atoms with Gasteiger partial charge in [-0.05, 0) is 12.5 Å². The first-order chi connectivity index (χ1) is 9.04. The lowest BCUT2D eigenvalue weighted by Crippen LogP contribution is -2.17. The molecule has 104 valence electrons. The molecule has 19 heavy (non-hydrogen) atoms. The van der Waals surface area contributed by atoms with Crippen molar-refractivity contribution < 1.29 is 14.4 Å². The van der Waals surface area contributed by atoms with Gasteiger partial charge in [0, 0.05) is 16.3 Å². The number of fused-ring (bicyclic) bond motifs is 1. The minimum Gasteiger partial charge on any atom is -0.486 e. The van der Waals surface area contributed by atoms with Gasteiger partial charge in [0.05, 0.1) is 11.0 Å². The molecule has 1 aromatic carbocycles. The minimum atomic E-state index is -0.362. The first kappa shape index (κ1) is 14.1. The molecule has 0 fully saturated rings. The van der Waals surface area contributed by atoms with Crippen LogP contribution in [0.3, 0.4) is 0 Å². The van der Waals surface area contributed by atoms with Crippen molar-refractivity contribution in [3.05, 3.63) is 27.8 Å². The predicted octanol–water partition coefficient (Wildman–Crippen LogP) is 3.64. The van der Waals surface area contributed by atoms with Crippen LogP contribution in [0.25, 0.3) is 0 Å². The zero-order chi connectivity index (χ0) is 14.0. The zero-order valence-corrected chi connectivity index (χ0v) is 12.5. The van der Waals surface area contributed by atoms with Crippen LogP contribution in [0.1, 0.15) is 31.7 Å². The number of hydrogen-bond acceptors (Lipinski definition) is 4. The number of benzene rings is 1. The van der Waals surface area contributed by atoms with E-state index in [1.165, 1.54) is 6.07 Å². The van der Waals surface area contributed by atoms with E-state index in [-0.39, 0.29) is 21.4 Å². The van der Waals surface area contributed by atoms with Gasteiger partial charge in [0.2, 0.25) is 0 Å². The van der Waals surface area contributed by atoms with Crippen molar-refractivity contribution in [2.24, 2.45) is 0 Å². The Morgan fingerprint density at radius 1 is 1.37 bits per heavy atom. The molecule has 0 bridgehead atoms. The first-order valence-electron chi connectivity index (χ1n) is 6.26. The summed E-state index contributed by atoms with van der Waals surface area (Å²) in [6.07, 6.45) is 0.896. The summed E-state index contributed by atoms with van der Waals surface area (Å²) in [6, 6.07) is 3.21. The van der Waals surface area contributed by atoms with Crippen molar-refractivity contribution in [2.45, 2.75) is 31.0 Å². The number of nitro groups is 1. The summed E-state index contributed by atoms with van der Waals surface area (Å²) in [5, 5.41) is 11.2. The Kier molecular flexibility index (Phi) is 4.29. The van der Waals surface area contributed by atoms with E-state index in [2.05, 4.69) is 15.9 Å². The lowest BCUT2D eigenvalue weighted by atomic mass is 9.94. The van der Waals surface area contributed by atoms with E-state index >= 15 is 0 Å². The minimum absolute atomic E-state index is 0.0289. The van der Waals surface area contributed by atoms with Gasteiger partial charge in [-0.2, -0.15) is 0 Å². The van der Waals surface area contributed by atoms with E-state index in [9.17, 15) is 10.1 Å². The molecular formula is C13H16BrNO4. The van der Waals surface area contributed by atoms with Crippen LogP contribution in [-0.4, -0.2) is 23.0 Å². The highest BCUT2D eigenvalue weighted by atomic mass is 79.9. The van der Waals surface area contributed by atoms with Gasteiger partial charge < -0.3 is 9.47 Å². The second-order valence-electron chi connectivity index (χ2n) is 4.52. The highest BCUT2D eigenvalue weighted by molar-refractivity contribution is 9.09. The SMILES string of the molecule is CCC(Br)C(C)c1cc2c(cc1[N+](=O)[O-])OCCO2.